The maximum absolute atomic E-state index is 10.9. The average molecular weight is 373 g/mol. The zero-order valence-electron chi connectivity index (χ0n) is 13.4. The Morgan fingerprint density at radius 1 is 1.24 bits per heavy atom. The number of fused-ring (bicyclic) bond motifs is 1. The SMILES string of the molecule is Oc1c([C@@H](c2cccs2)[NH+]2CCCC2)sc2nc(-c3ccco3)nn12. The summed E-state index contributed by atoms with van der Waals surface area (Å²) < 4.78 is 6.89. The molecule has 1 atom stereocenters. The number of thiazole rings is 1. The summed E-state index contributed by atoms with van der Waals surface area (Å²) in [4.78, 5) is 8.96. The summed E-state index contributed by atoms with van der Waals surface area (Å²) in [6, 6.07) is 8.01. The van der Waals surface area contributed by atoms with E-state index in [0.717, 1.165) is 18.0 Å². The zero-order chi connectivity index (χ0) is 16.8. The molecule has 0 radical (unpaired) electrons. The average Bonchev–Trinajstić information content (AvgIpc) is 3.42. The van der Waals surface area contributed by atoms with Gasteiger partial charge in [0.15, 0.2) is 11.8 Å². The standard InChI is InChI=1S/C17H16N4O2S2/c22-16-14(13(12-6-4-10-24-12)20-7-1-2-8-20)25-17-18-15(19-21(16)17)11-5-3-9-23-11/h3-6,9-10,13,22H,1-2,7-8H2/p+1/t13-/m1/s1. The van der Waals surface area contributed by atoms with Gasteiger partial charge in [0.25, 0.3) is 0 Å². The fraction of sp³-hybridized carbons (Fsp3) is 0.294. The number of furan rings is 1. The van der Waals surface area contributed by atoms with E-state index < -0.39 is 0 Å². The number of nitrogens with zero attached hydrogens (tertiary/aromatic N) is 3. The number of hydrogen-bond acceptors (Lipinski definition) is 6. The van der Waals surface area contributed by atoms with Gasteiger partial charge in [-0.25, -0.2) is 0 Å². The molecule has 1 aliphatic heterocycles. The molecule has 1 saturated heterocycles. The highest BCUT2D eigenvalue weighted by Crippen LogP contribution is 2.37. The van der Waals surface area contributed by atoms with E-state index in [1.165, 1.54) is 38.5 Å². The highest BCUT2D eigenvalue weighted by Gasteiger charge is 2.35. The highest BCUT2D eigenvalue weighted by molar-refractivity contribution is 7.17. The van der Waals surface area contributed by atoms with Crippen LogP contribution in [-0.2, 0) is 0 Å². The van der Waals surface area contributed by atoms with E-state index in [0.29, 0.717) is 16.5 Å². The first-order chi connectivity index (χ1) is 12.3. The summed E-state index contributed by atoms with van der Waals surface area (Å²) in [6.07, 6.45) is 4.07. The van der Waals surface area contributed by atoms with Crippen LogP contribution in [-0.4, -0.2) is 32.8 Å². The van der Waals surface area contributed by atoms with Crippen molar-refractivity contribution >= 4 is 27.6 Å². The summed E-state index contributed by atoms with van der Waals surface area (Å²) >= 11 is 3.26. The molecule has 5 rings (SSSR count). The topological polar surface area (TPSA) is 68.0 Å². The monoisotopic (exact) mass is 373 g/mol. The van der Waals surface area contributed by atoms with Gasteiger partial charge in [-0.05, 0) is 23.6 Å². The van der Waals surface area contributed by atoms with Crippen molar-refractivity contribution in [2.24, 2.45) is 0 Å². The molecular formula is C17H17N4O2S2+. The first kappa shape index (κ1) is 15.1. The third-order valence-electron chi connectivity index (χ3n) is 4.69. The Morgan fingerprint density at radius 2 is 2.12 bits per heavy atom. The van der Waals surface area contributed by atoms with Crippen molar-refractivity contribution in [1.29, 1.82) is 0 Å². The van der Waals surface area contributed by atoms with Crippen LogP contribution in [0, 0.1) is 0 Å². The van der Waals surface area contributed by atoms with Crippen LogP contribution in [0.1, 0.15) is 28.6 Å². The summed E-state index contributed by atoms with van der Waals surface area (Å²) in [5.74, 6) is 1.30. The fourth-order valence-electron chi connectivity index (χ4n) is 3.54. The Morgan fingerprint density at radius 3 is 2.80 bits per heavy atom. The van der Waals surface area contributed by atoms with E-state index in [2.05, 4.69) is 27.6 Å². The van der Waals surface area contributed by atoms with E-state index in [-0.39, 0.29) is 11.9 Å². The molecule has 6 nitrogen and oxygen atoms in total. The Balaban J connectivity index is 1.60. The predicted molar refractivity (Wildman–Crippen MR) is 96.3 cm³/mol. The van der Waals surface area contributed by atoms with Crippen molar-refractivity contribution in [2.45, 2.75) is 18.9 Å². The molecule has 0 aliphatic carbocycles. The molecule has 1 fully saturated rings. The van der Waals surface area contributed by atoms with Crippen molar-refractivity contribution in [3.05, 3.63) is 45.7 Å². The molecule has 0 aromatic carbocycles. The lowest BCUT2D eigenvalue weighted by Crippen LogP contribution is -3.10. The maximum Gasteiger partial charge on any atom is 0.235 e. The minimum absolute atomic E-state index is 0.156. The lowest BCUT2D eigenvalue weighted by Gasteiger charge is -2.22. The van der Waals surface area contributed by atoms with Gasteiger partial charge in [0, 0.05) is 12.8 Å². The molecule has 8 heteroatoms. The number of hydrogen-bond donors (Lipinski definition) is 2. The van der Waals surface area contributed by atoms with Crippen molar-refractivity contribution in [2.75, 3.05) is 13.1 Å². The van der Waals surface area contributed by atoms with Crippen molar-refractivity contribution in [3.8, 4) is 17.5 Å². The Labute approximate surface area is 152 Å². The smallest absolute Gasteiger partial charge is 0.235 e. The van der Waals surface area contributed by atoms with Gasteiger partial charge in [0.05, 0.1) is 24.2 Å². The van der Waals surface area contributed by atoms with Gasteiger partial charge in [-0.3, -0.25) is 0 Å². The van der Waals surface area contributed by atoms with Gasteiger partial charge < -0.3 is 14.4 Å². The number of aromatic nitrogens is 3. The molecule has 0 spiro atoms. The van der Waals surface area contributed by atoms with Crippen molar-refractivity contribution in [1.82, 2.24) is 14.6 Å². The van der Waals surface area contributed by atoms with Crippen LogP contribution in [0.3, 0.4) is 0 Å². The quantitative estimate of drug-likeness (QED) is 0.577. The van der Waals surface area contributed by atoms with Gasteiger partial charge in [-0.1, -0.05) is 17.4 Å². The number of quaternary nitrogens is 1. The normalized spacial score (nSPS) is 16.8. The number of thiophene rings is 1. The molecule has 4 aromatic heterocycles. The number of rotatable bonds is 4. The Bertz CT molecular complexity index is 982. The first-order valence-electron chi connectivity index (χ1n) is 8.31. The largest absolute Gasteiger partial charge is 0.492 e. The van der Waals surface area contributed by atoms with Crippen LogP contribution in [0.15, 0.2) is 40.3 Å². The second-order valence-electron chi connectivity index (χ2n) is 6.21. The molecule has 1 aliphatic rings. The van der Waals surface area contributed by atoms with Crippen LogP contribution < -0.4 is 4.90 Å². The summed E-state index contributed by atoms with van der Waals surface area (Å²) in [7, 11) is 0. The lowest BCUT2D eigenvalue weighted by atomic mass is 10.2. The van der Waals surface area contributed by atoms with Crippen LogP contribution in [0.4, 0.5) is 0 Å². The molecule has 25 heavy (non-hydrogen) atoms. The zero-order valence-corrected chi connectivity index (χ0v) is 15.0. The van der Waals surface area contributed by atoms with E-state index in [4.69, 9.17) is 4.42 Å². The van der Waals surface area contributed by atoms with Crippen molar-refractivity contribution < 1.29 is 14.4 Å². The molecule has 0 amide bonds. The van der Waals surface area contributed by atoms with E-state index >= 15 is 0 Å². The van der Waals surface area contributed by atoms with E-state index in [1.807, 2.05) is 6.07 Å². The summed E-state index contributed by atoms with van der Waals surface area (Å²) in [6.45, 7) is 2.26. The summed E-state index contributed by atoms with van der Waals surface area (Å²) in [5, 5.41) is 17.4. The van der Waals surface area contributed by atoms with Crippen molar-refractivity contribution in [3.63, 3.8) is 0 Å². The fourth-order valence-corrected chi connectivity index (χ4v) is 5.64. The Kier molecular flexibility index (Phi) is 3.61. The molecule has 0 bridgehead atoms. The number of nitrogens with one attached hydrogen (secondary N) is 1. The minimum atomic E-state index is 0.156. The molecule has 5 heterocycles. The minimum Gasteiger partial charge on any atom is -0.492 e. The predicted octanol–water partition coefficient (Wildman–Crippen LogP) is 2.59. The molecule has 4 aromatic rings. The van der Waals surface area contributed by atoms with E-state index in [1.54, 1.807) is 23.7 Å². The van der Waals surface area contributed by atoms with Gasteiger partial charge >= 0.3 is 0 Å². The molecule has 0 saturated carbocycles. The second-order valence-corrected chi connectivity index (χ2v) is 8.20. The summed E-state index contributed by atoms with van der Waals surface area (Å²) in [5.41, 5.74) is 0. The van der Waals surface area contributed by atoms with Gasteiger partial charge in [0.1, 0.15) is 4.88 Å². The Hall–Kier alpha value is -2.16. The highest BCUT2D eigenvalue weighted by atomic mass is 32.1. The molecular weight excluding hydrogens is 356 g/mol. The number of aromatic hydroxyl groups is 1. The van der Waals surface area contributed by atoms with E-state index in [9.17, 15) is 5.11 Å². The van der Waals surface area contributed by atoms with Crippen LogP contribution in [0.25, 0.3) is 16.5 Å². The third-order valence-corrected chi connectivity index (χ3v) is 6.71. The first-order valence-corrected chi connectivity index (χ1v) is 10.0. The molecule has 128 valence electrons. The van der Waals surface area contributed by atoms with Gasteiger partial charge in [0.2, 0.25) is 16.7 Å². The molecule has 2 N–H and O–H groups in total. The lowest BCUT2D eigenvalue weighted by molar-refractivity contribution is -0.912. The van der Waals surface area contributed by atoms with Gasteiger partial charge in [-0.15, -0.1) is 16.4 Å². The molecule has 0 unspecified atom stereocenters. The number of likely N-dealkylation sites (tertiary alicyclic amines) is 1. The maximum atomic E-state index is 10.9. The van der Waals surface area contributed by atoms with Gasteiger partial charge in [-0.2, -0.15) is 9.50 Å². The second kappa shape index (κ2) is 5.98. The van der Waals surface area contributed by atoms with Crippen LogP contribution in [0.2, 0.25) is 0 Å². The van der Waals surface area contributed by atoms with Crippen LogP contribution in [0.5, 0.6) is 5.88 Å². The van der Waals surface area contributed by atoms with Crippen LogP contribution >= 0.6 is 22.7 Å². The third kappa shape index (κ3) is 2.48.